The number of thioether (sulfide) groups is 1. The van der Waals surface area contributed by atoms with Crippen LogP contribution in [0.4, 0.5) is 5.82 Å². The molecule has 0 aliphatic rings. The van der Waals surface area contributed by atoms with Gasteiger partial charge >= 0.3 is 0 Å². The van der Waals surface area contributed by atoms with Crippen LogP contribution in [0.2, 0.25) is 0 Å². The van der Waals surface area contributed by atoms with E-state index < -0.39 is 0 Å². The van der Waals surface area contributed by atoms with Gasteiger partial charge in [-0.1, -0.05) is 17.8 Å². The number of hydrogen-bond donors (Lipinski definition) is 0. The summed E-state index contributed by atoms with van der Waals surface area (Å²) < 4.78 is 0. The van der Waals surface area contributed by atoms with Gasteiger partial charge in [0.1, 0.15) is 5.82 Å². The second-order valence-electron chi connectivity index (χ2n) is 4.03. The summed E-state index contributed by atoms with van der Waals surface area (Å²) in [5.41, 5.74) is 2.01. The van der Waals surface area contributed by atoms with Crippen molar-refractivity contribution in [3.63, 3.8) is 0 Å². The number of hydrogen-bond acceptors (Lipinski definition) is 5. The molecule has 0 spiro atoms. The molecule has 0 unspecified atom stereocenters. The van der Waals surface area contributed by atoms with Gasteiger partial charge in [0.15, 0.2) is 5.16 Å². The first-order valence-corrected chi connectivity index (χ1v) is 6.92. The normalized spacial score (nSPS) is 10.4. The van der Waals surface area contributed by atoms with Crippen LogP contribution in [0.15, 0.2) is 35.6 Å². The van der Waals surface area contributed by atoms with Gasteiger partial charge in [0.25, 0.3) is 0 Å². The first-order chi connectivity index (χ1) is 8.69. The number of pyridine rings is 1. The van der Waals surface area contributed by atoms with E-state index >= 15 is 0 Å². The Labute approximate surface area is 111 Å². The minimum atomic E-state index is 0.741. The summed E-state index contributed by atoms with van der Waals surface area (Å²) >= 11 is 1.56. The molecule has 0 saturated heterocycles. The smallest absolute Gasteiger partial charge is 0.189 e. The predicted molar refractivity (Wildman–Crippen MR) is 74.9 cm³/mol. The molecule has 0 fully saturated rings. The average Bonchev–Trinajstić information content (AvgIpc) is 2.39. The van der Waals surface area contributed by atoms with E-state index in [0.717, 1.165) is 28.9 Å². The highest BCUT2D eigenvalue weighted by Crippen LogP contribution is 2.17. The Morgan fingerprint density at radius 1 is 1.28 bits per heavy atom. The number of aryl methyl sites for hydroxylation is 1. The van der Waals surface area contributed by atoms with Gasteiger partial charge < -0.3 is 4.90 Å². The molecule has 2 heterocycles. The van der Waals surface area contributed by atoms with Crippen LogP contribution >= 0.6 is 11.8 Å². The van der Waals surface area contributed by atoms with Gasteiger partial charge in [-0.15, -0.1) is 0 Å². The second-order valence-corrected chi connectivity index (χ2v) is 4.80. The molecule has 0 N–H and O–H groups in total. The van der Waals surface area contributed by atoms with Crippen LogP contribution in [0.3, 0.4) is 0 Å². The standard InChI is InChI=1S/C13H16N4S/c1-10-8-12(16-13(15-10)18-3)17(2)9-11-6-4-5-7-14-11/h4-8H,9H2,1-3H3. The highest BCUT2D eigenvalue weighted by atomic mass is 32.2. The molecule has 2 aromatic rings. The van der Waals surface area contributed by atoms with Crippen molar-refractivity contribution in [3.05, 3.63) is 41.9 Å². The van der Waals surface area contributed by atoms with Crippen LogP contribution in [0, 0.1) is 6.92 Å². The Balaban J connectivity index is 2.18. The zero-order valence-corrected chi connectivity index (χ0v) is 11.6. The first-order valence-electron chi connectivity index (χ1n) is 5.70. The van der Waals surface area contributed by atoms with E-state index in [9.17, 15) is 0 Å². The highest BCUT2D eigenvalue weighted by Gasteiger charge is 2.07. The van der Waals surface area contributed by atoms with Crippen molar-refractivity contribution in [2.24, 2.45) is 0 Å². The molecule has 0 aliphatic carbocycles. The molecule has 0 aliphatic heterocycles. The van der Waals surface area contributed by atoms with Crippen molar-refractivity contribution in [1.29, 1.82) is 0 Å². The van der Waals surface area contributed by atoms with Gasteiger partial charge in [0.05, 0.1) is 12.2 Å². The Morgan fingerprint density at radius 2 is 2.11 bits per heavy atom. The molecular formula is C13H16N4S. The number of aromatic nitrogens is 3. The summed E-state index contributed by atoms with van der Waals surface area (Å²) in [5.74, 6) is 0.928. The van der Waals surface area contributed by atoms with Crippen molar-refractivity contribution in [1.82, 2.24) is 15.0 Å². The lowest BCUT2D eigenvalue weighted by molar-refractivity contribution is 0.828. The molecule has 4 nitrogen and oxygen atoms in total. The maximum Gasteiger partial charge on any atom is 0.189 e. The second kappa shape index (κ2) is 5.82. The summed E-state index contributed by atoms with van der Waals surface area (Å²) in [6.45, 7) is 2.73. The molecule has 18 heavy (non-hydrogen) atoms. The Kier molecular flexibility index (Phi) is 4.15. The molecule has 0 saturated carbocycles. The zero-order chi connectivity index (χ0) is 13.0. The topological polar surface area (TPSA) is 41.9 Å². The van der Waals surface area contributed by atoms with Crippen molar-refractivity contribution in [2.45, 2.75) is 18.6 Å². The molecule has 0 bridgehead atoms. The number of nitrogens with zero attached hydrogens (tertiary/aromatic N) is 4. The molecule has 0 radical (unpaired) electrons. The molecule has 2 aromatic heterocycles. The summed E-state index contributed by atoms with van der Waals surface area (Å²) in [6, 6.07) is 7.92. The summed E-state index contributed by atoms with van der Waals surface area (Å²) in [7, 11) is 2.01. The molecule has 94 valence electrons. The fourth-order valence-electron chi connectivity index (χ4n) is 1.63. The molecular weight excluding hydrogens is 244 g/mol. The zero-order valence-electron chi connectivity index (χ0n) is 10.8. The Morgan fingerprint density at radius 3 is 2.78 bits per heavy atom. The first kappa shape index (κ1) is 12.8. The highest BCUT2D eigenvalue weighted by molar-refractivity contribution is 7.98. The summed E-state index contributed by atoms with van der Waals surface area (Å²) in [4.78, 5) is 15.2. The van der Waals surface area contributed by atoms with Crippen LogP contribution < -0.4 is 4.90 Å². The molecule has 0 atom stereocenters. The molecule has 0 amide bonds. The van der Waals surface area contributed by atoms with Gasteiger partial charge in [-0.25, -0.2) is 9.97 Å². The van der Waals surface area contributed by atoms with E-state index in [1.807, 2.05) is 50.7 Å². The maximum absolute atomic E-state index is 4.50. The van der Waals surface area contributed by atoms with Crippen LogP contribution in [-0.2, 0) is 6.54 Å². The molecule has 5 heteroatoms. The fraction of sp³-hybridized carbons (Fsp3) is 0.308. The lowest BCUT2D eigenvalue weighted by Crippen LogP contribution is -2.19. The number of rotatable bonds is 4. The third-order valence-electron chi connectivity index (χ3n) is 2.52. The summed E-state index contributed by atoms with van der Waals surface area (Å²) in [6.07, 6.45) is 3.79. The Hall–Kier alpha value is -1.62. The van der Waals surface area contributed by atoms with Gasteiger partial charge in [-0.2, -0.15) is 0 Å². The minimum absolute atomic E-state index is 0.741. The van der Waals surface area contributed by atoms with Crippen molar-refractivity contribution < 1.29 is 0 Å². The van der Waals surface area contributed by atoms with E-state index in [2.05, 4.69) is 19.9 Å². The fourth-order valence-corrected chi connectivity index (χ4v) is 2.05. The van der Waals surface area contributed by atoms with E-state index in [1.165, 1.54) is 0 Å². The number of anilines is 1. The SMILES string of the molecule is CSc1nc(C)cc(N(C)Cc2ccccn2)n1. The molecule has 2 rings (SSSR count). The van der Waals surface area contributed by atoms with Crippen molar-refractivity contribution in [3.8, 4) is 0 Å². The minimum Gasteiger partial charge on any atom is -0.354 e. The van der Waals surface area contributed by atoms with Crippen molar-refractivity contribution in [2.75, 3.05) is 18.2 Å². The van der Waals surface area contributed by atoms with Gasteiger partial charge in [0, 0.05) is 25.0 Å². The third-order valence-corrected chi connectivity index (χ3v) is 3.07. The third kappa shape index (κ3) is 3.20. The van der Waals surface area contributed by atoms with E-state index in [4.69, 9.17) is 0 Å². The lowest BCUT2D eigenvalue weighted by Gasteiger charge is -2.18. The summed E-state index contributed by atoms with van der Waals surface area (Å²) in [5, 5.41) is 0.804. The van der Waals surface area contributed by atoms with Gasteiger partial charge in [-0.3, -0.25) is 4.98 Å². The van der Waals surface area contributed by atoms with Crippen molar-refractivity contribution >= 4 is 17.6 Å². The van der Waals surface area contributed by atoms with Crippen LogP contribution in [0.25, 0.3) is 0 Å². The quantitative estimate of drug-likeness (QED) is 0.624. The van der Waals surface area contributed by atoms with E-state index in [0.29, 0.717) is 0 Å². The largest absolute Gasteiger partial charge is 0.354 e. The molecule has 0 aromatic carbocycles. The average molecular weight is 260 g/mol. The maximum atomic E-state index is 4.50. The van der Waals surface area contributed by atoms with E-state index in [1.54, 1.807) is 11.8 Å². The van der Waals surface area contributed by atoms with E-state index in [-0.39, 0.29) is 0 Å². The van der Waals surface area contributed by atoms with Gasteiger partial charge in [-0.05, 0) is 25.3 Å². The van der Waals surface area contributed by atoms with Crippen LogP contribution in [-0.4, -0.2) is 28.3 Å². The van der Waals surface area contributed by atoms with Crippen LogP contribution in [0.1, 0.15) is 11.4 Å². The Bertz CT molecular complexity index is 516. The van der Waals surface area contributed by atoms with Crippen LogP contribution in [0.5, 0.6) is 0 Å². The predicted octanol–water partition coefficient (Wildman–Crippen LogP) is 2.54. The lowest BCUT2D eigenvalue weighted by atomic mass is 10.3. The monoisotopic (exact) mass is 260 g/mol. The van der Waals surface area contributed by atoms with Gasteiger partial charge in [0.2, 0.25) is 0 Å².